The number of rotatable bonds is 6. The molecule has 0 unspecified atom stereocenters. The third-order valence-electron chi connectivity index (χ3n) is 10.5. The predicted molar refractivity (Wildman–Crippen MR) is 238 cm³/mol. The lowest BCUT2D eigenvalue weighted by molar-refractivity contribution is 1.07. The van der Waals surface area contributed by atoms with Crippen molar-refractivity contribution in [3.63, 3.8) is 0 Å². The van der Waals surface area contributed by atoms with Gasteiger partial charge in [0.1, 0.15) is 0 Å². The van der Waals surface area contributed by atoms with Crippen LogP contribution in [0.5, 0.6) is 0 Å². The Kier molecular flexibility index (Phi) is 7.87. The van der Waals surface area contributed by atoms with Crippen molar-refractivity contribution in [2.24, 2.45) is 0 Å². The summed E-state index contributed by atoms with van der Waals surface area (Å²) in [4.78, 5) is 15.1. The molecule has 0 aliphatic heterocycles. The molecule has 0 amide bonds. The lowest BCUT2D eigenvalue weighted by atomic mass is 9.94. The highest BCUT2D eigenvalue weighted by atomic mass is 32.1. The van der Waals surface area contributed by atoms with E-state index in [4.69, 9.17) is 15.0 Å². The van der Waals surface area contributed by atoms with Gasteiger partial charge < -0.3 is 0 Å². The van der Waals surface area contributed by atoms with Gasteiger partial charge in [0.2, 0.25) is 0 Å². The minimum atomic E-state index is 0.652. The standard InChI is InChI=1S/C51H31N3S2/c1-4-12-32(13-5-1)34-20-22-36(23-21-34)50-52-49(35-16-8-3-9-17-35)53-51(54-50)38-24-26-40-43-28-37(25-27-45(43)55-46(40)30-38)42-29-39(33-14-6-2-7-15-33)31-47-48(42)41-18-10-11-19-44(41)56-47/h1-31H. The molecule has 0 spiro atoms. The second-order valence-corrected chi connectivity index (χ2v) is 16.2. The van der Waals surface area contributed by atoms with Crippen LogP contribution >= 0.6 is 22.7 Å². The van der Waals surface area contributed by atoms with E-state index in [-0.39, 0.29) is 0 Å². The van der Waals surface area contributed by atoms with E-state index in [0.717, 1.165) is 22.3 Å². The van der Waals surface area contributed by atoms with Crippen LogP contribution in [0.2, 0.25) is 0 Å². The van der Waals surface area contributed by atoms with E-state index in [1.165, 1.54) is 68.2 Å². The van der Waals surface area contributed by atoms with Crippen LogP contribution in [0.25, 0.3) is 108 Å². The normalized spacial score (nSPS) is 11.6. The highest BCUT2D eigenvalue weighted by Crippen LogP contribution is 2.45. The van der Waals surface area contributed by atoms with E-state index >= 15 is 0 Å². The van der Waals surface area contributed by atoms with Crippen LogP contribution in [0.3, 0.4) is 0 Å². The van der Waals surface area contributed by atoms with E-state index in [1.807, 2.05) is 46.9 Å². The molecule has 0 bridgehead atoms. The van der Waals surface area contributed by atoms with Crippen LogP contribution < -0.4 is 0 Å². The Morgan fingerprint density at radius 2 is 0.750 bits per heavy atom. The smallest absolute Gasteiger partial charge is 0.164 e. The Labute approximate surface area is 331 Å². The molecule has 0 radical (unpaired) electrons. The molecule has 262 valence electrons. The van der Waals surface area contributed by atoms with Gasteiger partial charge in [-0.3, -0.25) is 0 Å². The monoisotopic (exact) mass is 749 g/mol. The molecule has 11 rings (SSSR count). The Balaban J connectivity index is 1.03. The number of nitrogens with zero attached hydrogens (tertiary/aromatic N) is 3. The van der Waals surface area contributed by atoms with Crippen LogP contribution in [0.4, 0.5) is 0 Å². The maximum absolute atomic E-state index is 5.08. The highest BCUT2D eigenvalue weighted by Gasteiger charge is 2.17. The Morgan fingerprint density at radius 3 is 1.46 bits per heavy atom. The molecule has 56 heavy (non-hydrogen) atoms. The average Bonchev–Trinajstić information content (AvgIpc) is 3.84. The predicted octanol–water partition coefficient (Wildman–Crippen LogP) is 14.6. The fourth-order valence-electron chi connectivity index (χ4n) is 7.76. The fourth-order valence-corrected chi connectivity index (χ4v) is 10.1. The van der Waals surface area contributed by atoms with Gasteiger partial charge in [-0.05, 0) is 69.8 Å². The van der Waals surface area contributed by atoms with Crippen molar-refractivity contribution >= 4 is 63.0 Å². The first-order valence-corrected chi connectivity index (χ1v) is 20.3. The van der Waals surface area contributed by atoms with Crippen molar-refractivity contribution in [1.29, 1.82) is 0 Å². The maximum Gasteiger partial charge on any atom is 0.164 e. The largest absolute Gasteiger partial charge is 0.208 e. The zero-order valence-electron chi connectivity index (χ0n) is 30.1. The maximum atomic E-state index is 5.08. The van der Waals surface area contributed by atoms with Crippen LogP contribution in [0, 0.1) is 0 Å². The summed E-state index contributed by atoms with van der Waals surface area (Å²) in [6.07, 6.45) is 0. The third kappa shape index (κ3) is 5.77. The zero-order valence-corrected chi connectivity index (χ0v) is 31.7. The summed E-state index contributed by atoms with van der Waals surface area (Å²) in [6.45, 7) is 0. The molecule has 0 saturated heterocycles. The molecule has 0 atom stereocenters. The second-order valence-electron chi connectivity index (χ2n) is 14.0. The van der Waals surface area contributed by atoms with Crippen LogP contribution in [0.15, 0.2) is 188 Å². The lowest BCUT2D eigenvalue weighted by Crippen LogP contribution is -2.00. The van der Waals surface area contributed by atoms with Crippen molar-refractivity contribution in [2.75, 3.05) is 0 Å². The van der Waals surface area contributed by atoms with Crippen LogP contribution in [-0.4, -0.2) is 15.0 Å². The summed E-state index contributed by atoms with van der Waals surface area (Å²) in [5.74, 6) is 1.97. The van der Waals surface area contributed by atoms with Crippen LogP contribution in [0.1, 0.15) is 0 Å². The number of benzene rings is 8. The van der Waals surface area contributed by atoms with Gasteiger partial charge in [0, 0.05) is 57.0 Å². The lowest BCUT2D eigenvalue weighted by Gasteiger charge is -2.10. The first kappa shape index (κ1) is 32.6. The van der Waals surface area contributed by atoms with Gasteiger partial charge in [-0.25, -0.2) is 15.0 Å². The molecule has 5 heteroatoms. The summed E-state index contributed by atoms with van der Waals surface area (Å²) in [7, 11) is 0. The molecular formula is C51H31N3S2. The Bertz CT molecular complexity index is 3220. The van der Waals surface area contributed by atoms with Gasteiger partial charge in [0.05, 0.1) is 0 Å². The molecule has 0 aliphatic carbocycles. The minimum absolute atomic E-state index is 0.652. The molecule has 0 aliphatic rings. The van der Waals surface area contributed by atoms with E-state index in [2.05, 4.69) is 164 Å². The minimum Gasteiger partial charge on any atom is -0.208 e. The first-order valence-electron chi connectivity index (χ1n) is 18.7. The number of fused-ring (bicyclic) bond motifs is 6. The van der Waals surface area contributed by atoms with Gasteiger partial charge in [-0.15, -0.1) is 22.7 Å². The summed E-state index contributed by atoms with van der Waals surface area (Å²) >= 11 is 3.68. The second kappa shape index (κ2) is 13.5. The van der Waals surface area contributed by atoms with Crippen molar-refractivity contribution < 1.29 is 0 Å². The summed E-state index contributed by atoms with van der Waals surface area (Å²) in [5, 5.41) is 5.11. The molecule has 3 aromatic heterocycles. The van der Waals surface area contributed by atoms with Gasteiger partial charge in [0.15, 0.2) is 17.5 Å². The topological polar surface area (TPSA) is 38.7 Å². The van der Waals surface area contributed by atoms with Crippen molar-refractivity contribution in [2.45, 2.75) is 0 Å². The van der Waals surface area contributed by atoms with Gasteiger partial charge in [-0.1, -0.05) is 152 Å². The molecule has 3 nitrogen and oxygen atoms in total. The van der Waals surface area contributed by atoms with E-state index in [0.29, 0.717) is 17.5 Å². The van der Waals surface area contributed by atoms with Crippen molar-refractivity contribution in [3.8, 4) is 67.5 Å². The zero-order chi connectivity index (χ0) is 37.0. The summed E-state index contributed by atoms with van der Waals surface area (Å²) in [6, 6.07) is 66.9. The van der Waals surface area contributed by atoms with E-state index < -0.39 is 0 Å². The van der Waals surface area contributed by atoms with Crippen LogP contribution in [-0.2, 0) is 0 Å². The number of aromatic nitrogens is 3. The molecule has 0 saturated carbocycles. The van der Waals surface area contributed by atoms with Crippen molar-refractivity contribution in [1.82, 2.24) is 15.0 Å². The Hall–Kier alpha value is -6.79. The Morgan fingerprint density at radius 1 is 0.268 bits per heavy atom. The number of hydrogen-bond acceptors (Lipinski definition) is 5. The molecule has 3 heterocycles. The summed E-state index contributed by atoms with van der Waals surface area (Å²) in [5.41, 5.74) is 10.2. The van der Waals surface area contributed by atoms with Gasteiger partial charge in [-0.2, -0.15) is 0 Å². The van der Waals surface area contributed by atoms with Gasteiger partial charge in [0.25, 0.3) is 0 Å². The number of hydrogen-bond donors (Lipinski definition) is 0. The van der Waals surface area contributed by atoms with E-state index in [1.54, 1.807) is 0 Å². The number of thiophene rings is 2. The van der Waals surface area contributed by atoms with E-state index in [9.17, 15) is 0 Å². The first-order chi connectivity index (χ1) is 27.7. The van der Waals surface area contributed by atoms with Crippen molar-refractivity contribution in [3.05, 3.63) is 188 Å². The molecule has 0 N–H and O–H groups in total. The molecule has 11 aromatic rings. The average molecular weight is 750 g/mol. The quantitative estimate of drug-likeness (QED) is 0.170. The van der Waals surface area contributed by atoms with Gasteiger partial charge >= 0.3 is 0 Å². The molecular weight excluding hydrogens is 719 g/mol. The summed E-state index contributed by atoms with van der Waals surface area (Å²) < 4.78 is 5.08. The molecule has 8 aromatic carbocycles. The fraction of sp³-hybridized carbons (Fsp3) is 0. The SMILES string of the molecule is c1ccc(-c2ccc(-c3nc(-c4ccccc4)nc(-c4ccc5c(c4)sc4ccc(-c6cc(-c7ccccc7)cc7sc8ccccc8c67)cc45)n3)cc2)cc1. The highest BCUT2D eigenvalue weighted by molar-refractivity contribution is 7.26. The third-order valence-corrected chi connectivity index (χ3v) is 12.8. The molecule has 0 fully saturated rings.